The highest BCUT2D eigenvalue weighted by molar-refractivity contribution is 5.72. The molecule has 4 nitrogen and oxygen atoms in total. The van der Waals surface area contributed by atoms with Crippen molar-refractivity contribution in [3.8, 4) is 0 Å². The average molecular weight is 227 g/mol. The molecule has 4 heteroatoms. The molecule has 2 aliphatic rings. The maximum atomic E-state index is 10.7. The van der Waals surface area contributed by atoms with E-state index in [4.69, 9.17) is 9.84 Å². The number of carbonyl (C=O) groups is 1. The molecule has 0 saturated carbocycles. The molecular weight excluding hydrogens is 206 g/mol. The number of hydrogen-bond donors (Lipinski definition) is 1. The number of nitrogens with zero attached hydrogens (tertiary/aromatic N) is 1. The van der Waals surface area contributed by atoms with E-state index in [-0.39, 0.29) is 6.10 Å². The first-order valence-corrected chi connectivity index (χ1v) is 6.07. The van der Waals surface area contributed by atoms with E-state index in [1.165, 1.54) is 6.42 Å². The first kappa shape index (κ1) is 11.9. The lowest BCUT2D eigenvalue weighted by Gasteiger charge is -2.22. The van der Waals surface area contributed by atoms with Gasteiger partial charge in [0.2, 0.25) is 0 Å². The van der Waals surface area contributed by atoms with Crippen molar-refractivity contribution in [2.24, 2.45) is 5.41 Å². The van der Waals surface area contributed by atoms with Crippen molar-refractivity contribution in [3.05, 3.63) is 0 Å². The fourth-order valence-corrected chi connectivity index (χ4v) is 2.69. The summed E-state index contributed by atoms with van der Waals surface area (Å²) in [5.74, 6) is -0.816. The van der Waals surface area contributed by atoms with Gasteiger partial charge in [0.1, 0.15) is 0 Å². The Balaban J connectivity index is 1.78. The Morgan fingerprint density at radius 3 is 2.75 bits per heavy atom. The number of carboxylic acid groups (broad SMARTS) is 1. The van der Waals surface area contributed by atoms with Crippen LogP contribution < -0.4 is 0 Å². The van der Waals surface area contributed by atoms with Crippen LogP contribution in [0.5, 0.6) is 0 Å². The maximum absolute atomic E-state index is 10.7. The van der Waals surface area contributed by atoms with Gasteiger partial charge in [-0.2, -0.15) is 0 Å². The molecule has 2 rings (SSSR count). The molecular formula is C12H21NO3. The summed E-state index contributed by atoms with van der Waals surface area (Å²) in [6.07, 6.45) is 2.32. The van der Waals surface area contributed by atoms with Crippen LogP contribution in [0.15, 0.2) is 0 Å². The summed E-state index contributed by atoms with van der Waals surface area (Å²) in [6.45, 7) is 7.67. The minimum atomic E-state index is -0.816. The zero-order valence-electron chi connectivity index (χ0n) is 10.1. The van der Waals surface area contributed by atoms with Crippen molar-refractivity contribution in [3.63, 3.8) is 0 Å². The topological polar surface area (TPSA) is 49.8 Å². The molecule has 0 aliphatic carbocycles. The van der Waals surface area contributed by atoms with Crippen LogP contribution in [0.25, 0.3) is 0 Å². The molecule has 2 fully saturated rings. The summed E-state index contributed by atoms with van der Waals surface area (Å²) in [6, 6.07) is 0. The third-order valence-electron chi connectivity index (χ3n) is 3.60. The van der Waals surface area contributed by atoms with Gasteiger partial charge in [0.05, 0.1) is 6.10 Å². The third-order valence-corrected chi connectivity index (χ3v) is 3.60. The van der Waals surface area contributed by atoms with Crippen LogP contribution in [0.1, 0.15) is 33.1 Å². The van der Waals surface area contributed by atoms with Crippen LogP contribution in [-0.2, 0) is 9.53 Å². The standard InChI is InChI=1S/C12H21NO3/c1-12(2)5-6-13(8-12)7-9-3-4-10(16-9)11(14)15/h9-10H,3-8H2,1-2H3,(H,14,15). The summed E-state index contributed by atoms with van der Waals surface area (Å²) >= 11 is 0. The van der Waals surface area contributed by atoms with Crippen molar-refractivity contribution in [1.29, 1.82) is 0 Å². The summed E-state index contributed by atoms with van der Waals surface area (Å²) in [5.41, 5.74) is 0.408. The predicted molar refractivity (Wildman–Crippen MR) is 60.4 cm³/mol. The van der Waals surface area contributed by atoms with Crippen molar-refractivity contribution < 1.29 is 14.6 Å². The largest absolute Gasteiger partial charge is 0.479 e. The van der Waals surface area contributed by atoms with Crippen LogP contribution >= 0.6 is 0 Å². The third kappa shape index (κ3) is 2.74. The van der Waals surface area contributed by atoms with Crippen LogP contribution in [0.4, 0.5) is 0 Å². The van der Waals surface area contributed by atoms with Crippen molar-refractivity contribution in [1.82, 2.24) is 4.90 Å². The van der Waals surface area contributed by atoms with Gasteiger partial charge in [0.15, 0.2) is 6.10 Å². The molecule has 2 aliphatic heterocycles. The van der Waals surface area contributed by atoms with Crippen LogP contribution in [0, 0.1) is 5.41 Å². The Morgan fingerprint density at radius 1 is 1.50 bits per heavy atom. The summed E-state index contributed by atoms with van der Waals surface area (Å²) in [4.78, 5) is 13.1. The second-order valence-electron chi connectivity index (χ2n) is 5.81. The summed E-state index contributed by atoms with van der Waals surface area (Å²) in [7, 11) is 0. The minimum Gasteiger partial charge on any atom is -0.479 e. The summed E-state index contributed by atoms with van der Waals surface area (Å²) in [5, 5.41) is 8.84. The fraction of sp³-hybridized carbons (Fsp3) is 0.917. The Morgan fingerprint density at radius 2 is 2.25 bits per heavy atom. The second kappa shape index (κ2) is 4.34. The molecule has 0 radical (unpaired) electrons. The molecule has 0 spiro atoms. The Bertz CT molecular complexity index is 277. The lowest BCUT2D eigenvalue weighted by atomic mass is 9.93. The van der Waals surface area contributed by atoms with Gasteiger partial charge in [-0.15, -0.1) is 0 Å². The Hall–Kier alpha value is -0.610. The molecule has 0 bridgehead atoms. The van der Waals surface area contributed by atoms with Gasteiger partial charge in [0.25, 0.3) is 0 Å². The van der Waals surface area contributed by atoms with Gasteiger partial charge in [0, 0.05) is 13.1 Å². The molecule has 0 aromatic rings. The van der Waals surface area contributed by atoms with Gasteiger partial charge in [-0.3, -0.25) is 0 Å². The Labute approximate surface area is 96.6 Å². The van der Waals surface area contributed by atoms with E-state index in [1.54, 1.807) is 0 Å². The van der Waals surface area contributed by atoms with E-state index in [0.717, 1.165) is 26.1 Å². The molecule has 2 unspecified atom stereocenters. The lowest BCUT2D eigenvalue weighted by Crippen LogP contribution is -2.32. The van der Waals surface area contributed by atoms with Crippen LogP contribution in [0.2, 0.25) is 0 Å². The molecule has 92 valence electrons. The van der Waals surface area contributed by atoms with Gasteiger partial charge in [-0.25, -0.2) is 4.79 Å². The van der Waals surface area contributed by atoms with Crippen molar-refractivity contribution >= 4 is 5.97 Å². The monoisotopic (exact) mass is 227 g/mol. The molecule has 16 heavy (non-hydrogen) atoms. The first-order valence-electron chi connectivity index (χ1n) is 6.07. The number of ether oxygens (including phenoxy) is 1. The number of hydrogen-bond acceptors (Lipinski definition) is 3. The van der Waals surface area contributed by atoms with Gasteiger partial charge < -0.3 is 14.7 Å². The zero-order valence-corrected chi connectivity index (χ0v) is 10.1. The number of carboxylic acids is 1. The van der Waals surface area contributed by atoms with E-state index < -0.39 is 12.1 Å². The molecule has 2 heterocycles. The minimum absolute atomic E-state index is 0.120. The number of likely N-dealkylation sites (tertiary alicyclic amines) is 1. The molecule has 0 aromatic carbocycles. The highest BCUT2D eigenvalue weighted by Gasteiger charge is 2.35. The molecule has 2 saturated heterocycles. The first-order chi connectivity index (χ1) is 7.46. The van der Waals surface area contributed by atoms with Crippen molar-refractivity contribution in [2.75, 3.05) is 19.6 Å². The van der Waals surface area contributed by atoms with E-state index in [1.807, 2.05) is 0 Å². The normalized spacial score (nSPS) is 34.4. The SMILES string of the molecule is CC1(C)CCN(CC2CCC(C(=O)O)O2)C1. The molecule has 0 aromatic heterocycles. The smallest absolute Gasteiger partial charge is 0.332 e. The predicted octanol–water partition coefficient (Wildman–Crippen LogP) is 1.35. The molecule has 1 N–H and O–H groups in total. The van der Waals surface area contributed by atoms with Crippen LogP contribution in [0.3, 0.4) is 0 Å². The van der Waals surface area contributed by atoms with E-state index >= 15 is 0 Å². The lowest BCUT2D eigenvalue weighted by molar-refractivity contribution is -0.149. The average Bonchev–Trinajstić information content (AvgIpc) is 2.73. The van der Waals surface area contributed by atoms with Gasteiger partial charge in [-0.05, 0) is 31.2 Å². The fourth-order valence-electron chi connectivity index (χ4n) is 2.69. The van der Waals surface area contributed by atoms with Gasteiger partial charge in [-0.1, -0.05) is 13.8 Å². The Kier molecular flexibility index (Phi) is 3.22. The zero-order chi connectivity index (χ0) is 11.8. The molecule has 0 amide bonds. The maximum Gasteiger partial charge on any atom is 0.332 e. The van der Waals surface area contributed by atoms with Gasteiger partial charge >= 0.3 is 5.97 Å². The van der Waals surface area contributed by atoms with E-state index in [2.05, 4.69) is 18.7 Å². The van der Waals surface area contributed by atoms with Crippen LogP contribution in [-0.4, -0.2) is 47.8 Å². The van der Waals surface area contributed by atoms with E-state index in [0.29, 0.717) is 11.8 Å². The quantitative estimate of drug-likeness (QED) is 0.790. The van der Waals surface area contributed by atoms with E-state index in [9.17, 15) is 4.79 Å². The summed E-state index contributed by atoms with van der Waals surface area (Å²) < 4.78 is 5.51. The highest BCUT2D eigenvalue weighted by atomic mass is 16.5. The highest BCUT2D eigenvalue weighted by Crippen LogP contribution is 2.30. The second-order valence-corrected chi connectivity index (χ2v) is 5.81. The van der Waals surface area contributed by atoms with Crippen molar-refractivity contribution in [2.45, 2.75) is 45.3 Å². The number of aliphatic carboxylic acids is 1. The number of rotatable bonds is 3. The molecule has 2 atom stereocenters.